The first-order valence-electron chi connectivity index (χ1n) is 4.50. The van der Waals surface area contributed by atoms with E-state index in [2.05, 4.69) is 21.2 Å². The molecule has 0 aliphatic carbocycles. The number of benzene rings is 1. The zero-order valence-electron chi connectivity index (χ0n) is 7.56. The van der Waals surface area contributed by atoms with Gasteiger partial charge in [-0.2, -0.15) is 0 Å². The van der Waals surface area contributed by atoms with Crippen LogP contribution in [0.1, 0.15) is 12.0 Å². The molecule has 4 heteroatoms. The fourth-order valence-corrected chi connectivity index (χ4v) is 2.11. The summed E-state index contributed by atoms with van der Waals surface area (Å²) in [5.74, 6) is -0.356. The maximum atomic E-state index is 13.5. The Morgan fingerprint density at radius 3 is 2.86 bits per heavy atom. The Hall–Kier alpha value is -0.450. The van der Waals surface area contributed by atoms with Crippen molar-refractivity contribution in [3.8, 4) is 0 Å². The Kier molecular flexibility index (Phi) is 2.60. The average Bonchev–Trinajstić information content (AvgIpc) is 2.52. The van der Waals surface area contributed by atoms with Crippen LogP contribution in [-0.4, -0.2) is 18.2 Å². The van der Waals surface area contributed by atoms with Gasteiger partial charge in [-0.05, 0) is 25.1 Å². The minimum Gasteiger partial charge on any atom is -0.384 e. The van der Waals surface area contributed by atoms with Crippen molar-refractivity contribution in [1.29, 1.82) is 0 Å². The van der Waals surface area contributed by atoms with Gasteiger partial charge in [0.05, 0.1) is 0 Å². The molecule has 0 spiro atoms. The molecule has 1 unspecified atom stereocenters. The van der Waals surface area contributed by atoms with Gasteiger partial charge in [0.25, 0.3) is 0 Å². The van der Waals surface area contributed by atoms with Crippen LogP contribution in [0.2, 0.25) is 0 Å². The average molecular weight is 260 g/mol. The highest BCUT2D eigenvalue weighted by Gasteiger charge is 2.35. The zero-order valence-corrected chi connectivity index (χ0v) is 9.14. The third kappa shape index (κ3) is 1.69. The predicted octanol–water partition coefficient (Wildman–Crippen LogP) is 1.77. The van der Waals surface area contributed by atoms with E-state index in [9.17, 15) is 9.50 Å². The van der Waals surface area contributed by atoms with Crippen LogP contribution in [0, 0.1) is 5.82 Å². The van der Waals surface area contributed by atoms with Crippen LogP contribution < -0.4 is 5.32 Å². The number of β-amino-alcohol motifs (C(OH)–C–C–N with tert-alkyl or cyclic N) is 1. The molecule has 14 heavy (non-hydrogen) atoms. The largest absolute Gasteiger partial charge is 0.384 e. The zero-order chi connectivity index (χ0) is 10.2. The van der Waals surface area contributed by atoms with E-state index in [0.29, 0.717) is 23.0 Å². The molecule has 0 aromatic heterocycles. The summed E-state index contributed by atoms with van der Waals surface area (Å²) in [4.78, 5) is 0. The molecule has 0 amide bonds. The molecule has 0 bridgehead atoms. The van der Waals surface area contributed by atoms with Crippen molar-refractivity contribution in [3.05, 3.63) is 34.1 Å². The smallest absolute Gasteiger partial charge is 0.130 e. The number of hydrogen-bond donors (Lipinski definition) is 2. The highest BCUT2D eigenvalue weighted by Crippen LogP contribution is 2.30. The molecule has 1 heterocycles. The van der Waals surface area contributed by atoms with Gasteiger partial charge in [0, 0.05) is 16.6 Å². The van der Waals surface area contributed by atoms with Gasteiger partial charge >= 0.3 is 0 Å². The number of hydrogen-bond acceptors (Lipinski definition) is 2. The predicted molar refractivity (Wildman–Crippen MR) is 55.5 cm³/mol. The number of aliphatic hydroxyl groups is 1. The highest BCUT2D eigenvalue weighted by atomic mass is 79.9. The molecule has 1 saturated heterocycles. The van der Waals surface area contributed by atoms with Crippen molar-refractivity contribution >= 4 is 15.9 Å². The van der Waals surface area contributed by atoms with Gasteiger partial charge in [-0.3, -0.25) is 0 Å². The second-order valence-corrected chi connectivity index (χ2v) is 4.50. The Morgan fingerprint density at radius 2 is 2.29 bits per heavy atom. The lowest BCUT2D eigenvalue weighted by molar-refractivity contribution is 0.0549. The van der Waals surface area contributed by atoms with Crippen molar-refractivity contribution in [1.82, 2.24) is 5.32 Å². The topological polar surface area (TPSA) is 32.3 Å². The van der Waals surface area contributed by atoms with Gasteiger partial charge < -0.3 is 10.4 Å². The normalized spacial score (nSPS) is 26.8. The van der Waals surface area contributed by atoms with Gasteiger partial charge in [-0.25, -0.2) is 4.39 Å². The molecular formula is C10H11BrFNO. The van der Waals surface area contributed by atoms with Crippen LogP contribution in [0.25, 0.3) is 0 Å². The summed E-state index contributed by atoms with van der Waals surface area (Å²) in [6, 6.07) is 4.76. The second kappa shape index (κ2) is 3.61. The first-order valence-corrected chi connectivity index (χ1v) is 5.30. The fourth-order valence-electron chi connectivity index (χ4n) is 1.78. The Balaban J connectivity index is 2.40. The maximum absolute atomic E-state index is 13.5. The molecule has 76 valence electrons. The quantitative estimate of drug-likeness (QED) is 0.806. The summed E-state index contributed by atoms with van der Waals surface area (Å²) in [5, 5.41) is 13.1. The van der Waals surface area contributed by atoms with E-state index in [-0.39, 0.29) is 5.82 Å². The van der Waals surface area contributed by atoms with E-state index in [1.165, 1.54) is 6.07 Å². The monoisotopic (exact) mass is 259 g/mol. The number of halogens is 2. The maximum Gasteiger partial charge on any atom is 0.130 e. The molecule has 1 aliphatic heterocycles. The van der Waals surface area contributed by atoms with Gasteiger partial charge in [0.2, 0.25) is 0 Å². The van der Waals surface area contributed by atoms with Crippen molar-refractivity contribution < 1.29 is 9.50 Å². The Bertz CT molecular complexity index is 350. The lowest BCUT2D eigenvalue weighted by atomic mass is 9.93. The summed E-state index contributed by atoms with van der Waals surface area (Å²) in [5.41, 5.74) is -0.657. The second-order valence-electron chi connectivity index (χ2n) is 3.58. The highest BCUT2D eigenvalue weighted by molar-refractivity contribution is 9.10. The van der Waals surface area contributed by atoms with Crippen LogP contribution in [0.4, 0.5) is 4.39 Å². The van der Waals surface area contributed by atoms with E-state index in [0.717, 1.165) is 6.54 Å². The number of rotatable bonds is 1. The van der Waals surface area contributed by atoms with E-state index in [1.54, 1.807) is 12.1 Å². The molecule has 1 aromatic rings. The van der Waals surface area contributed by atoms with E-state index in [1.807, 2.05) is 0 Å². The van der Waals surface area contributed by atoms with Gasteiger partial charge in [0.15, 0.2) is 0 Å². The van der Waals surface area contributed by atoms with Crippen LogP contribution in [0.3, 0.4) is 0 Å². The van der Waals surface area contributed by atoms with Gasteiger partial charge in [-0.15, -0.1) is 0 Å². The molecular weight excluding hydrogens is 249 g/mol. The van der Waals surface area contributed by atoms with Crippen molar-refractivity contribution in [2.75, 3.05) is 13.1 Å². The lowest BCUT2D eigenvalue weighted by Crippen LogP contribution is -2.29. The molecule has 0 saturated carbocycles. The summed E-state index contributed by atoms with van der Waals surface area (Å²) in [7, 11) is 0. The minimum atomic E-state index is -1.04. The summed E-state index contributed by atoms with van der Waals surface area (Å²) >= 11 is 3.19. The lowest BCUT2D eigenvalue weighted by Gasteiger charge is -2.22. The summed E-state index contributed by atoms with van der Waals surface area (Å²) < 4.78 is 14.2. The molecule has 1 atom stereocenters. The molecule has 2 N–H and O–H groups in total. The van der Waals surface area contributed by atoms with Crippen molar-refractivity contribution in [2.45, 2.75) is 12.0 Å². The third-order valence-corrected chi connectivity index (χ3v) is 3.06. The fraction of sp³-hybridized carbons (Fsp3) is 0.400. The van der Waals surface area contributed by atoms with Crippen LogP contribution in [0.15, 0.2) is 22.7 Å². The molecule has 2 nitrogen and oxygen atoms in total. The Morgan fingerprint density at radius 1 is 1.50 bits per heavy atom. The molecule has 2 rings (SSSR count). The van der Waals surface area contributed by atoms with E-state index < -0.39 is 5.60 Å². The van der Waals surface area contributed by atoms with Crippen LogP contribution in [-0.2, 0) is 5.60 Å². The van der Waals surface area contributed by atoms with Gasteiger partial charge in [0.1, 0.15) is 11.4 Å². The standard InChI is InChI=1S/C10H11BrFNO/c11-7-1-2-8(9(12)5-7)10(14)3-4-13-6-10/h1-2,5,13-14H,3-4,6H2. The van der Waals surface area contributed by atoms with E-state index in [4.69, 9.17) is 0 Å². The van der Waals surface area contributed by atoms with Crippen molar-refractivity contribution in [3.63, 3.8) is 0 Å². The number of nitrogens with one attached hydrogen (secondary N) is 1. The summed E-state index contributed by atoms with van der Waals surface area (Å²) in [6.07, 6.45) is 0.561. The van der Waals surface area contributed by atoms with Gasteiger partial charge in [-0.1, -0.05) is 22.0 Å². The molecule has 1 aliphatic rings. The molecule has 0 radical (unpaired) electrons. The van der Waals surface area contributed by atoms with Crippen molar-refractivity contribution in [2.24, 2.45) is 0 Å². The van der Waals surface area contributed by atoms with Crippen LogP contribution in [0.5, 0.6) is 0 Å². The first kappa shape index (κ1) is 10.1. The Labute approximate surface area is 90.3 Å². The minimum absolute atomic E-state index is 0.356. The van der Waals surface area contributed by atoms with Crippen LogP contribution >= 0.6 is 15.9 Å². The SMILES string of the molecule is OC1(c2ccc(Br)cc2F)CCNC1. The summed E-state index contributed by atoms with van der Waals surface area (Å²) in [6.45, 7) is 1.15. The molecule has 1 aromatic carbocycles. The first-order chi connectivity index (χ1) is 6.62. The molecule has 1 fully saturated rings. The third-order valence-electron chi connectivity index (χ3n) is 2.57. The van der Waals surface area contributed by atoms with E-state index >= 15 is 0 Å².